The summed E-state index contributed by atoms with van der Waals surface area (Å²) in [5.74, 6) is 1.41. The van der Waals surface area contributed by atoms with Crippen molar-refractivity contribution in [2.75, 3.05) is 11.9 Å². The number of ether oxygens (including phenoxy) is 2. The maximum Gasteiger partial charge on any atom is 0.256 e. The number of rotatable bonds is 4. The maximum absolute atomic E-state index is 12.6. The largest absolute Gasteiger partial charge is 0.492 e. The van der Waals surface area contributed by atoms with Gasteiger partial charge in [0.2, 0.25) is 0 Å². The summed E-state index contributed by atoms with van der Waals surface area (Å²) in [6.07, 6.45) is 1.03. The number of hydrogen-bond acceptors (Lipinski definition) is 4. The predicted octanol–water partition coefficient (Wildman–Crippen LogP) is 4.34. The van der Waals surface area contributed by atoms with Crippen LogP contribution in [0.2, 0.25) is 0 Å². The topological polar surface area (TPSA) is 47.6 Å². The molecule has 5 heteroatoms. The molecule has 0 bridgehead atoms. The number of benzene rings is 1. The lowest BCUT2D eigenvalue weighted by Gasteiger charge is -2.13. The number of nitrogens with one attached hydrogen (secondary N) is 1. The molecule has 1 unspecified atom stereocenters. The van der Waals surface area contributed by atoms with Crippen LogP contribution in [0.25, 0.3) is 0 Å². The number of thiophene rings is 1. The fourth-order valence-corrected chi connectivity index (χ4v) is 3.78. The molecule has 1 aliphatic rings. The van der Waals surface area contributed by atoms with E-state index in [4.69, 9.17) is 9.47 Å². The number of carbonyl (C=O) groups is 1. The Hall–Kier alpha value is -2.01. The number of carbonyl (C=O) groups excluding carboxylic acids is 1. The van der Waals surface area contributed by atoms with Crippen molar-refractivity contribution >= 4 is 22.9 Å². The van der Waals surface area contributed by atoms with Crippen LogP contribution in [0.4, 0.5) is 5.69 Å². The number of fused-ring (bicyclic) bond motifs is 1. The molecule has 3 rings (SSSR count). The van der Waals surface area contributed by atoms with Gasteiger partial charge in [-0.1, -0.05) is 0 Å². The van der Waals surface area contributed by atoms with Crippen LogP contribution in [0.1, 0.15) is 39.5 Å². The molecule has 0 spiro atoms. The molecule has 0 aliphatic carbocycles. The standard InChI is InChI=1S/C18H21NO3S/c1-5-21-17-8-13-6-10(2)22-16(13)9-15(17)19-18(20)14-7-11(3)23-12(14)4/h7-10H,5-6H2,1-4H3,(H,19,20). The third-order valence-electron chi connectivity index (χ3n) is 3.83. The molecule has 0 radical (unpaired) electrons. The third-order valence-corrected chi connectivity index (χ3v) is 4.80. The van der Waals surface area contributed by atoms with Gasteiger partial charge in [-0.2, -0.15) is 0 Å². The Morgan fingerprint density at radius 2 is 2.17 bits per heavy atom. The zero-order chi connectivity index (χ0) is 16.6. The smallest absolute Gasteiger partial charge is 0.256 e. The highest BCUT2D eigenvalue weighted by Crippen LogP contribution is 2.38. The van der Waals surface area contributed by atoms with Gasteiger partial charge in [0.05, 0.1) is 17.9 Å². The highest BCUT2D eigenvalue weighted by atomic mass is 32.1. The molecule has 1 aliphatic heterocycles. The van der Waals surface area contributed by atoms with Crippen molar-refractivity contribution in [3.8, 4) is 11.5 Å². The maximum atomic E-state index is 12.6. The molecule has 1 N–H and O–H groups in total. The molecule has 122 valence electrons. The highest BCUT2D eigenvalue weighted by Gasteiger charge is 2.23. The molecular weight excluding hydrogens is 310 g/mol. The molecule has 1 amide bonds. The second-order valence-electron chi connectivity index (χ2n) is 5.80. The average molecular weight is 331 g/mol. The minimum Gasteiger partial charge on any atom is -0.492 e. The van der Waals surface area contributed by atoms with Gasteiger partial charge in [-0.15, -0.1) is 11.3 Å². The van der Waals surface area contributed by atoms with Gasteiger partial charge in [0.25, 0.3) is 5.91 Å². The number of anilines is 1. The fraction of sp³-hybridized carbons (Fsp3) is 0.389. The van der Waals surface area contributed by atoms with E-state index in [0.29, 0.717) is 23.6 Å². The van der Waals surface area contributed by atoms with Crippen LogP contribution in [-0.2, 0) is 6.42 Å². The zero-order valence-electron chi connectivity index (χ0n) is 13.9. The van der Waals surface area contributed by atoms with Crippen LogP contribution in [0.5, 0.6) is 11.5 Å². The first-order valence-corrected chi connectivity index (χ1v) is 8.64. The van der Waals surface area contributed by atoms with Crippen molar-refractivity contribution < 1.29 is 14.3 Å². The molecule has 2 aromatic rings. The van der Waals surface area contributed by atoms with Crippen LogP contribution < -0.4 is 14.8 Å². The Morgan fingerprint density at radius 3 is 2.83 bits per heavy atom. The molecule has 1 aromatic carbocycles. The second-order valence-corrected chi connectivity index (χ2v) is 7.26. The van der Waals surface area contributed by atoms with Crippen LogP contribution in [0.15, 0.2) is 18.2 Å². The zero-order valence-corrected chi connectivity index (χ0v) is 14.7. The summed E-state index contributed by atoms with van der Waals surface area (Å²) in [7, 11) is 0. The molecule has 0 saturated carbocycles. The Balaban J connectivity index is 1.91. The molecule has 0 fully saturated rings. The summed E-state index contributed by atoms with van der Waals surface area (Å²) in [5, 5.41) is 2.97. The summed E-state index contributed by atoms with van der Waals surface area (Å²) >= 11 is 1.63. The van der Waals surface area contributed by atoms with E-state index < -0.39 is 0 Å². The van der Waals surface area contributed by atoms with Crippen molar-refractivity contribution in [1.29, 1.82) is 0 Å². The van der Waals surface area contributed by atoms with Gasteiger partial charge in [-0.3, -0.25) is 4.79 Å². The van der Waals surface area contributed by atoms with E-state index >= 15 is 0 Å². The normalized spacial score (nSPS) is 15.9. The Kier molecular flexibility index (Phi) is 4.31. The molecule has 4 nitrogen and oxygen atoms in total. The minimum absolute atomic E-state index is 0.112. The first-order valence-electron chi connectivity index (χ1n) is 7.82. The Bertz CT molecular complexity index is 751. The molecular formula is C18H21NO3S. The van der Waals surface area contributed by atoms with Gasteiger partial charge in [-0.05, 0) is 39.8 Å². The monoisotopic (exact) mass is 331 g/mol. The van der Waals surface area contributed by atoms with Crippen LogP contribution in [0, 0.1) is 13.8 Å². The average Bonchev–Trinajstić information content (AvgIpc) is 3.00. The summed E-state index contributed by atoms with van der Waals surface area (Å²) in [6, 6.07) is 5.77. The van der Waals surface area contributed by atoms with E-state index in [1.54, 1.807) is 11.3 Å². The minimum atomic E-state index is -0.112. The van der Waals surface area contributed by atoms with Crippen molar-refractivity contribution in [3.63, 3.8) is 0 Å². The van der Waals surface area contributed by atoms with Crippen LogP contribution >= 0.6 is 11.3 Å². The summed E-state index contributed by atoms with van der Waals surface area (Å²) in [6.45, 7) is 8.49. The SMILES string of the molecule is CCOc1cc2c(cc1NC(=O)c1cc(C)sc1C)OC(C)C2. The van der Waals surface area contributed by atoms with E-state index in [1.807, 2.05) is 45.9 Å². The summed E-state index contributed by atoms with van der Waals surface area (Å²) in [5.41, 5.74) is 2.50. The highest BCUT2D eigenvalue weighted by molar-refractivity contribution is 7.12. The third kappa shape index (κ3) is 3.20. The fourth-order valence-electron chi connectivity index (χ4n) is 2.86. The van der Waals surface area contributed by atoms with E-state index in [-0.39, 0.29) is 12.0 Å². The van der Waals surface area contributed by atoms with Gasteiger partial charge < -0.3 is 14.8 Å². The van der Waals surface area contributed by atoms with Gasteiger partial charge in [0.1, 0.15) is 17.6 Å². The lowest BCUT2D eigenvalue weighted by atomic mass is 10.1. The first kappa shape index (κ1) is 15.9. The van der Waals surface area contributed by atoms with Crippen molar-refractivity contribution in [1.82, 2.24) is 0 Å². The van der Waals surface area contributed by atoms with E-state index in [1.165, 1.54) is 0 Å². The van der Waals surface area contributed by atoms with Crippen molar-refractivity contribution in [2.24, 2.45) is 0 Å². The molecule has 1 aromatic heterocycles. The van der Waals surface area contributed by atoms with E-state index in [2.05, 4.69) is 5.32 Å². The van der Waals surface area contributed by atoms with Crippen molar-refractivity contribution in [3.05, 3.63) is 39.1 Å². The Labute approximate surface area is 140 Å². The predicted molar refractivity (Wildman–Crippen MR) is 93.2 cm³/mol. The number of aryl methyl sites for hydroxylation is 2. The second kappa shape index (κ2) is 6.24. The van der Waals surface area contributed by atoms with E-state index in [9.17, 15) is 4.79 Å². The number of amides is 1. The lowest BCUT2D eigenvalue weighted by Crippen LogP contribution is -2.13. The molecule has 2 heterocycles. The number of hydrogen-bond donors (Lipinski definition) is 1. The van der Waals surface area contributed by atoms with Crippen LogP contribution in [0.3, 0.4) is 0 Å². The molecule has 23 heavy (non-hydrogen) atoms. The molecule has 0 saturated heterocycles. The van der Waals surface area contributed by atoms with E-state index in [0.717, 1.165) is 27.5 Å². The van der Waals surface area contributed by atoms with Crippen molar-refractivity contribution in [2.45, 2.75) is 40.2 Å². The Morgan fingerprint density at radius 1 is 1.39 bits per heavy atom. The summed E-state index contributed by atoms with van der Waals surface area (Å²) < 4.78 is 11.5. The lowest BCUT2D eigenvalue weighted by molar-refractivity contribution is 0.102. The van der Waals surface area contributed by atoms with Gasteiger partial charge in [0, 0.05) is 27.8 Å². The van der Waals surface area contributed by atoms with Gasteiger partial charge in [-0.25, -0.2) is 0 Å². The van der Waals surface area contributed by atoms with Gasteiger partial charge in [0.15, 0.2) is 0 Å². The van der Waals surface area contributed by atoms with Crippen LogP contribution in [-0.4, -0.2) is 18.6 Å². The quantitative estimate of drug-likeness (QED) is 0.906. The van der Waals surface area contributed by atoms with Gasteiger partial charge >= 0.3 is 0 Å². The summed E-state index contributed by atoms with van der Waals surface area (Å²) in [4.78, 5) is 14.7. The first-order chi connectivity index (χ1) is 11.0. The molecule has 1 atom stereocenters.